The summed E-state index contributed by atoms with van der Waals surface area (Å²) < 4.78 is 39.4. The summed E-state index contributed by atoms with van der Waals surface area (Å²) in [5.41, 5.74) is 0. The van der Waals surface area contributed by atoms with Crippen molar-refractivity contribution in [3.05, 3.63) is 0 Å². The van der Waals surface area contributed by atoms with Gasteiger partial charge in [-0.1, -0.05) is 0 Å². The molecule has 9 heavy (non-hydrogen) atoms. The van der Waals surface area contributed by atoms with Crippen molar-refractivity contribution in [2.24, 2.45) is 0 Å². The maximum Gasteiger partial charge on any atom is -0.278 e. The minimum Gasteiger partial charge on any atom is -0.907 e. The molecule has 0 saturated carbocycles. The van der Waals surface area contributed by atoms with Crippen molar-refractivity contribution in [3.8, 4) is 0 Å². The molecule has 0 radical (unpaired) electrons. The molecular weight excluding hydrogens is 241 g/mol. The van der Waals surface area contributed by atoms with Crippen LogP contribution < -0.4 is 15.1 Å². The Balaban J connectivity index is 0. The molecule has 0 aliphatic rings. The molecule has 0 aliphatic heterocycles. The fraction of sp³-hybridized carbons (Fsp3) is 0. The molecule has 0 heterocycles. The van der Waals surface area contributed by atoms with Gasteiger partial charge in [-0.25, -0.2) is 0 Å². The SMILES string of the molecule is [F][Pd-2]([F])([F])[F].[O-]B([O-])[O-]. The second-order valence-corrected chi connectivity index (χ2v) is 1.89. The van der Waals surface area contributed by atoms with Crippen LogP contribution in [0.5, 0.6) is 0 Å². The smallest absolute Gasteiger partial charge is 0.278 e. The van der Waals surface area contributed by atoms with Gasteiger partial charge in [0.25, 0.3) is 0 Å². The van der Waals surface area contributed by atoms with E-state index < -0.39 is 24.9 Å². The molecule has 0 aromatic heterocycles. The Kier molecular flexibility index (Phi) is 6.88. The zero-order valence-electron chi connectivity index (χ0n) is 3.63. The van der Waals surface area contributed by atoms with E-state index in [0.717, 1.165) is 0 Å². The van der Waals surface area contributed by atoms with Crippen LogP contribution in [0.4, 0.5) is 12.9 Å². The maximum atomic E-state index is 9.84. The van der Waals surface area contributed by atoms with Crippen molar-refractivity contribution in [3.63, 3.8) is 0 Å². The summed E-state index contributed by atoms with van der Waals surface area (Å²) >= 11 is -6.70. The van der Waals surface area contributed by atoms with Crippen LogP contribution in [0.2, 0.25) is 0 Å². The average molecular weight is 241 g/mol. The average Bonchev–Trinajstić information content (AvgIpc) is 1.19. The van der Waals surface area contributed by atoms with Crippen LogP contribution in [-0.2, 0) is 17.6 Å². The van der Waals surface area contributed by atoms with Gasteiger partial charge >= 0.3 is 30.5 Å². The van der Waals surface area contributed by atoms with Gasteiger partial charge in [0.2, 0.25) is 0 Å². The molecular formula is BF4O3Pd-5. The predicted octanol–water partition coefficient (Wildman–Crippen LogP) is -2.27. The second kappa shape index (κ2) is 5.14. The van der Waals surface area contributed by atoms with Gasteiger partial charge < -0.3 is 15.1 Å². The molecule has 9 heteroatoms. The molecule has 0 aromatic rings. The zero-order valence-corrected chi connectivity index (χ0v) is 5.18. The summed E-state index contributed by atoms with van der Waals surface area (Å²) in [4.78, 5) is 0. The Morgan fingerprint density at radius 1 is 0.889 bits per heavy atom. The summed E-state index contributed by atoms with van der Waals surface area (Å²) in [6.07, 6.45) is 0. The van der Waals surface area contributed by atoms with E-state index in [0.29, 0.717) is 0 Å². The van der Waals surface area contributed by atoms with Crippen LogP contribution >= 0.6 is 0 Å². The van der Waals surface area contributed by atoms with Crippen molar-refractivity contribution >= 4 is 7.32 Å². The van der Waals surface area contributed by atoms with Crippen molar-refractivity contribution < 1.29 is 45.6 Å². The molecule has 0 rings (SSSR count). The Hall–Kier alpha value is 0.327. The van der Waals surface area contributed by atoms with Gasteiger partial charge in [0, 0.05) is 0 Å². The van der Waals surface area contributed by atoms with Crippen molar-refractivity contribution in [2.75, 3.05) is 0 Å². The van der Waals surface area contributed by atoms with E-state index in [1.165, 1.54) is 0 Å². The van der Waals surface area contributed by atoms with E-state index in [1.807, 2.05) is 0 Å². The van der Waals surface area contributed by atoms with Crippen molar-refractivity contribution in [1.29, 1.82) is 0 Å². The van der Waals surface area contributed by atoms with Gasteiger partial charge in [-0.15, -0.1) is 0 Å². The van der Waals surface area contributed by atoms with Crippen LogP contribution in [0.3, 0.4) is 0 Å². The zero-order chi connectivity index (χ0) is 8.08. The first-order valence-corrected chi connectivity index (χ1v) is 3.54. The third kappa shape index (κ3) is 3110. The van der Waals surface area contributed by atoms with Crippen molar-refractivity contribution in [1.82, 2.24) is 0 Å². The third-order valence-electron chi connectivity index (χ3n) is 0. The summed E-state index contributed by atoms with van der Waals surface area (Å²) in [5, 5.41) is 25.2. The molecule has 0 aliphatic carbocycles. The molecule has 0 saturated heterocycles. The van der Waals surface area contributed by atoms with Gasteiger partial charge in [-0.05, 0) is 0 Å². The molecule has 0 atom stereocenters. The summed E-state index contributed by atoms with van der Waals surface area (Å²) in [5.74, 6) is 0. The first-order valence-electron chi connectivity index (χ1n) is 1.19. The van der Waals surface area contributed by atoms with Gasteiger partial charge in [-0.3, -0.25) is 7.32 Å². The Morgan fingerprint density at radius 2 is 0.889 bits per heavy atom. The van der Waals surface area contributed by atoms with Crippen LogP contribution in [0.15, 0.2) is 0 Å². The quantitative estimate of drug-likeness (QED) is 0.355. The van der Waals surface area contributed by atoms with Gasteiger partial charge in [0.05, 0.1) is 0 Å². The molecule has 0 amide bonds. The maximum absolute atomic E-state index is 9.84. The summed E-state index contributed by atoms with van der Waals surface area (Å²) in [7, 11) is -2.92. The molecule has 64 valence electrons. The van der Waals surface area contributed by atoms with E-state index in [9.17, 15) is 12.9 Å². The minimum atomic E-state index is -6.70. The molecule has 3 nitrogen and oxygen atoms in total. The predicted molar refractivity (Wildman–Crippen MR) is 10.2 cm³/mol. The third-order valence-corrected chi connectivity index (χ3v) is 0. The monoisotopic (exact) mass is 241 g/mol. The van der Waals surface area contributed by atoms with Gasteiger partial charge in [-0.2, -0.15) is 0 Å². The van der Waals surface area contributed by atoms with E-state index in [1.54, 1.807) is 0 Å². The second-order valence-electron chi connectivity index (χ2n) is 0.560. The molecule has 0 spiro atoms. The first kappa shape index (κ1) is 12.0. The number of hydrogen-bond donors (Lipinski definition) is 0. The van der Waals surface area contributed by atoms with E-state index in [2.05, 4.69) is 0 Å². The Bertz CT molecular complexity index is 52.6. The van der Waals surface area contributed by atoms with Crippen LogP contribution in [-0.4, -0.2) is 7.32 Å². The topological polar surface area (TPSA) is 69.2 Å². The standard InChI is InChI=1S/BO3.4FH.Pd/c2-1(3)4;;;;;/h;4*1H;/q-3;;;;;+2/p-4. The number of halogens is 4. The van der Waals surface area contributed by atoms with Gasteiger partial charge in [0.15, 0.2) is 0 Å². The number of rotatable bonds is 0. The molecule has 0 N–H and O–H groups in total. The molecule has 0 unspecified atom stereocenters. The van der Waals surface area contributed by atoms with E-state index in [4.69, 9.17) is 15.1 Å². The minimum absolute atomic E-state index is 2.92. The number of hydrogen-bond acceptors (Lipinski definition) is 3. The van der Waals surface area contributed by atoms with Gasteiger partial charge in [0.1, 0.15) is 0 Å². The van der Waals surface area contributed by atoms with E-state index in [-0.39, 0.29) is 0 Å². The summed E-state index contributed by atoms with van der Waals surface area (Å²) in [6.45, 7) is 0. The molecule has 0 bridgehead atoms. The summed E-state index contributed by atoms with van der Waals surface area (Å²) in [6, 6.07) is 0. The largest absolute Gasteiger partial charge is 0.907 e. The Labute approximate surface area is 53.6 Å². The molecule has 0 aromatic carbocycles. The molecule has 0 fully saturated rings. The van der Waals surface area contributed by atoms with E-state index >= 15 is 0 Å². The van der Waals surface area contributed by atoms with Crippen LogP contribution in [0.25, 0.3) is 0 Å². The fourth-order valence-corrected chi connectivity index (χ4v) is 0. The normalized spacial score (nSPS) is 11.4. The van der Waals surface area contributed by atoms with Crippen molar-refractivity contribution in [2.45, 2.75) is 0 Å². The van der Waals surface area contributed by atoms with Crippen LogP contribution in [0.1, 0.15) is 0 Å². The van der Waals surface area contributed by atoms with Crippen LogP contribution in [0, 0.1) is 0 Å². The Morgan fingerprint density at radius 3 is 0.889 bits per heavy atom. The first-order chi connectivity index (χ1) is 3.73. The fourth-order valence-electron chi connectivity index (χ4n) is 0.